The predicted octanol–water partition coefficient (Wildman–Crippen LogP) is 1.46. The summed E-state index contributed by atoms with van der Waals surface area (Å²) in [5, 5.41) is 22.6. The van der Waals surface area contributed by atoms with Crippen LogP contribution < -0.4 is 5.32 Å². The standard InChI is InChI=1S/C12H16N2O5/c1-12(2,19-3)7-13-11(16)8-4-5-9(14(17)18)10(15)6-8/h4-6,15H,7H2,1-3H3,(H,13,16). The van der Waals surface area contributed by atoms with Crippen molar-refractivity contribution in [3.63, 3.8) is 0 Å². The number of hydrogen-bond acceptors (Lipinski definition) is 5. The molecule has 1 amide bonds. The van der Waals surface area contributed by atoms with Crippen molar-refractivity contribution in [1.29, 1.82) is 0 Å². The van der Waals surface area contributed by atoms with Crippen LogP contribution in [0.1, 0.15) is 24.2 Å². The number of methoxy groups -OCH3 is 1. The molecule has 0 aromatic heterocycles. The van der Waals surface area contributed by atoms with Gasteiger partial charge in [0.05, 0.1) is 10.5 Å². The topological polar surface area (TPSA) is 102 Å². The highest BCUT2D eigenvalue weighted by Gasteiger charge is 2.19. The van der Waals surface area contributed by atoms with E-state index in [9.17, 15) is 20.0 Å². The molecule has 0 fully saturated rings. The maximum absolute atomic E-state index is 11.8. The Bertz CT molecular complexity index is 499. The summed E-state index contributed by atoms with van der Waals surface area (Å²) < 4.78 is 5.14. The number of nitrogens with zero attached hydrogens (tertiary/aromatic N) is 1. The molecule has 0 spiro atoms. The quantitative estimate of drug-likeness (QED) is 0.621. The molecule has 0 atom stereocenters. The van der Waals surface area contributed by atoms with Gasteiger partial charge in [-0.3, -0.25) is 14.9 Å². The van der Waals surface area contributed by atoms with Crippen molar-refractivity contribution < 1.29 is 19.6 Å². The molecule has 0 aliphatic carbocycles. The third-order valence-corrected chi connectivity index (χ3v) is 2.66. The summed E-state index contributed by atoms with van der Waals surface area (Å²) in [6.45, 7) is 3.89. The number of amides is 1. The van der Waals surface area contributed by atoms with Gasteiger partial charge in [-0.1, -0.05) is 0 Å². The first-order chi connectivity index (χ1) is 8.76. The number of nitrogens with one attached hydrogen (secondary N) is 1. The molecule has 0 radical (unpaired) electrons. The SMILES string of the molecule is COC(C)(C)CNC(=O)c1ccc([N+](=O)[O-])c(O)c1. The Labute approximate surface area is 110 Å². The number of carbonyl (C=O) groups excluding carboxylic acids is 1. The lowest BCUT2D eigenvalue weighted by atomic mass is 10.1. The van der Waals surface area contributed by atoms with Gasteiger partial charge in [0.1, 0.15) is 0 Å². The Hall–Kier alpha value is -2.15. The van der Waals surface area contributed by atoms with Crippen molar-refractivity contribution in [2.45, 2.75) is 19.4 Å². The largest absolute Gasteiger partial charge is 0.502 e. The Morgan fingerprint density at radius 1 is 1.53 bits per heavy atom. The lowest BCUT2D eigenvalue weighted by molar-refractivity contribution is -0.385. The third kappa shape index (κ3) is 3.92. The van der Waals surface area contributed by atoms with Gasteiger partial charge in [-0.05, 0) is 26.0 Å². The van der Waals surface area contributed by atoms with E-state index in [-0.39, 0.29) is 12.1 Å². The lowest BCUT2D eigenvalue weighted by Gasteiger charge is -2.23. The summed E-state index contributed by atoms with van der Waals surface area (Å²) in [5.74, 6) is -0.973. The van der Waals surface area contributed by atoms with Crippen molar-refractivity contribution in [1.82, 2.24) is 5.32 Å². The normalized spacial score (nSPS) is 11.1. The van der Waals surface area contributed by atoms with Gasteiger partial charge < -0.3 is 15.2 Å². The van der Waals surface area contributed by atoms with Crippen molar-refractivity contribution in [2.24, 2.45) is 0 Å². The highest BCUT2D eigenvalue weighted by Crippen LogP contribution is 2.26. The molecule has 0 saturated carbocycles. The van der Waals surface area contributed by atoms with Crippen molar-refractivity contribution in [3.8, 4) is 5.75 Å². The molecular weight excluding hydrogens is 252 g/mol. The van der Waals surface area contributed by atoms with Crippen molar-refractivity contribution >= 4 is 11.6 Å². The summed E-state index contributed by atoms with van der Waals surface area (Å²) in [6, 6.07) is 3.44. The van der Waals surface area contributed by atoms with E-state index in [0.717, 1.165) is 12.1 Å². The maximum Gasteiger partial charge on any atom is 0.310 e. The molecule has 0 aliphatic heterocycles. The summed E-state index contributed by atoms with van der Waals surface area (Å²) in [6.07, 6.45) is 0. The van der Waals surface area contributed by atoms with Gasteiger partial charge in [-0.25, -0.2) is 0 Å². The van der Waals surface area contributed by atoms with Crippen LogP contribution in [0.15, 0.2) is 18.2 Å². The smallest absolute Gasteiger partial charge is 0.310 e. The molecule has 19 heavy (non-hydrogen) atoms. The van der Waals surface area contributed by atoms with Gasteiger partial charge in [-0.15, -0.1) is 0 Å². The Morgan fingerprint density at radius 2 is 2.16 bits per heavy atom. The van der Waals surface area contributed by atoms with Crippen LogP contribution in [-0.2, 0) is 4.74 Å². The first kappa shape index (κ1) is 14.9. The van der Waals surface area contributed by atoms with E-state index in [0.29, 0.717) is 0 Å². The van der Waals surface area contributed by atoms with Gasteiger partial charge >= 0.3 is 5.69 Å². The average molecular weight is 268 g/mol. The van der Waals surface area contributed by atoms with E-state index >= 15 is 0 Å². The molecule has 1 rings (SSSR count). The van der Waals surface area contributed by atoms with Crippen LogP contribution >= 0.6 is 0 Å². The molecule has 0 heterocycles. The number of nitro benzene ring substituents is 1. The van der Waals surface area contributed by atoms with Gasteiger partial charge in [0, 0.05) is 25.3 Å². The summed E-state index contributed by atoms with van der Waals surface area (Å²) in [5.41, 5.74) is -0.804. The molecule has 1 aromatic rings. The van der Waals surface area contributed by atoms with E-state index in [4.69, 9.17) is 4.74 Å². The lowest BCUT2D eigenvalue weighted by Crippen LogP contribution is -2.39. The molecule has 104 valence electrons. The Morgan fingerprint density at radius 3 is 2.63 bits per heavy atom. The second-order valence-corrected chi connectivity index (χ2v) is 4.61. The minimum absolute atomic E-state index is 0.148. The minimum atomic E-state index is -0.717. The van der Waals surface area contributed by atoms with Gasteiger partial charge in [0.25, 0.3) is 5.91 Å². The predicted molar refractivity (Wildman–Crippen MR) is 68.2 cm³/mol. The maximum atomic E-state index is 11.8. The first-order valence-electron chi connectivity index (χ1n) is 5.57. The number of nitro groups is 1. The van der Waals surface area contributed by atoms with Crippen LogP contribution in [-0.4, -0.2) is 35.2 Å². The molecule has 7 nitrogen and oxygen atoms in total. The number of benzene rings is 1. The van der Waals surface area contributed by atoms with E-state index in [1.165, 1.54) is 13.2 Å². The van der Waals surface area contributed by atoms with E-state index in [2.05, 4.69) is 5.32 Å². The third-order valence-electron chi connectivity index (χ3n) is 2.66. The summed E-state index contributed by atoms with van der Waals surface area (Å²) in [4.78, 5) is 21.6. The molecule has 0 aliphatic rings. The number of carbonyl (C=O) groups is 1. The number of phenols is 1. The van der Waals surface area contributed by atoms with Crippen LogP contribution in [0.2, 0.25) is 0 Å². The summed E-state index contributed by atoms with van der Waals surface area (Å²) in [7, 11) is 1.53. The fourth-order valence-electron chi connectivity index (χ4n) is 1.29. The zero-order valence-corrected chi connectivity index (χ0v) is 11.0. The van der Waals surface area contributed by atoms with Crippen LogP contribution in [0, 0.1) is 10.1 Å². The molecule has 0 unspecified atom stereocenters. The van der Waals surface area contributed by atoms with Crippen molar-refractivity contribution in [3.05, 3.63) is 33.9 Å². The fraction of sp³-hybridized carbons (Fsp3) is 0.417. The Kier molecular flexibility index (Phi) is 4.44. The average Bonchev–Trinajstić information content (AvgIpc) is 2.35. The summed E-state index contributed by atoms with van der Waals surface area (Å²) >= 11 is 0. The zero-order chi connectivity index (χ0) is 14.6. The minimum Gasteiger partial charge on any atom is -0.502 e. The molecule has 0 saturated heterocycles. The van der Waals surface area contributed by atoms with Crippen LogP contribution in [0.4, 0.5) is 5.69 Å². The number of rotatable bonds is 5. The molecule has 7 heteroatoms. The van der Waals surface area contributed by atoms with Gasteiger partial charge in [0.2, 0.25) is 0 Å². The zero-order valence-electron chi connectivity index (χ0n) is 11.0. The van der Waals surface area contributed by atoms with E-state index < -0.39 is 27.9 Å². The molecular formula is C12H16N2O5. The highest BCUT2D eigenvalue weighted by molar-refractivity contribution is 5.95. The molecule has 1 aromatic carbocycles. The van der Waals surface area contributed by atoms with Crippen molar-refractivity contribution in [2.75, 3.05) is 13.7 Å². The number of ether oxygens (including phenoxy) is 1. The number of phenolic OH excluding ortho intramolecular Hbond substituents is 1. The second-order valence-electron chi connectivity index (χ2n) is 4.61. The van der Waals surface area contributed by atoms with Crippen LogP contribution in [0.25, 0.3) is 0 Å². The van der Waals surface area contributed by atoms with Gasteiger partial charge in [-0.2, -0.15) is 0 Å². The van der Waals surface area contributed by atoms with E-state index in [1.54, 1.807) is 13.8 Å². The van der Waals surface area contributed by atoms with Crippen LogP contribution in [0.5, 0.6) is 5.75 Å². The van der Waals surface area contributed by atoms with Gasteiger partial charge in [0.15, 0.2) is 5.75 Å². The monoisotopic (exact) mass is 268 g/mol. The molecule has 0 bridgehead atoms. The van der Waals surface area contributed by atoms with E-state index in [1.807, 2.05) is 0 Å². The van der Waals surface area contributed by atoms with Crippen LogP contribution in [0.3, 0.4) is 0 Å². The Balaban J connectivity index is 2.79. The fourth-order valence-corrected chi connectivity index (χ4v) is 1.29. The highest BCUT2D eigenvalue weighted by atomic mass is 16.6. The molecule has 2 N–H and O–H groups in total. The number of hydrogen-bond donors (Lipinski definition) is 2. The first-order valence-corrected chi connectivity index (χ1v) is 5.57. The number of aromatic hydroxyl groups is 1. The second kappa shape index (κ2) is 5.66.